The van der Waals surface area contributed by atoms with Gasteiger partial charge in [0.2, 0.25) is 0 Å². The zero-order valence-corrected chi connectivity index (χ0v) is 11.9. The number of aromatic nitrogens is 1. The van der Waals surface area contributed by atoms with Gasteiger partial charge in [-0.1, -0.05) is 18.2 Å². The SMILES string of the molecule is COCC1(CNc2ccnc3ccccc23)CCCN1. The van der Waals surface area contributed by atoms with Crippen LogP contribution in [-0.2, 0) is 4.74 Å². The van der Waals surface area contributed by atoms with E-state index >= 15 is 0 Å². The van der Waals surface area contributed by atoms with E-state index in [0.29, 0.717) is 0 Å². The third-order valence-corrected chi connectivity index (χ3v) is 4.02. The van der Waals surface area contributed by atoms with Gasteiger partial charge in [0.25, 0.3) is 0 Å². The molecule has 4 nitrogen and oxygen atoms in total. The van der Waals surface area contributed by atoms with Gasteiger partial charge in [-0.25, -0.2) is 0 Å². The van der Waals surface area contributed by atoms with Crippen molar-refractivity contribution < 1.29 is 4.74 Å². The normalized spacial score (nSPS) is 22.2. The second-order valence-electron chi connectivity index (χ2n) is 5.47. The molecule has 0 bridgehead atoms. The Bertz CT molecular complexity index is 573. The molecule has 1 aromatic carbocycles. The minimum absolute atomic E-state index is 0.0547. The molecule has 106 valence electrons. The Hall–Kier alpha value is -1.65. The minimum Gasteiger partial charge on any atom is -0.383 e. The molecule has 1 fully saturated rings. The largest absolute Gasteiger partial charge is 0.383 e. The summed E-state index contributed by atoms with van der Waals surface area (Å²) in [6, 6.07) is 10.3. The van der Waals surface area contributed by atoms with Crippen LogP contribution >= 0.6 is 0 Å². The Balaban J connectivity index is 1.79. The fraction of sp³-hybridized carbons (Fsp3) is 0.438. The van der Waals surface area contributed by atoms with Crippen molar-refractivity contribution in [3.8, 4) is 0 Å². The Morgan fingerprint density at radius 3 is 3.05 bits per heavy atom. The van der Waals surface area contributed by atoms with Crippen LogP contribution in [0.2, 0.25) is 0 Å². The number of nitrogens with one attached hydrogen (secondary N) is 2. The molecule has 1 atom stereocenters. The van der Waals surface area contributed by atoms with Crippen LogP contribution in [0, 0.1) is 0 Å². The number of fused-ring (bicyclic) bond motifs is 1. The van der Waals surface area contributed by atoms with Crippen molar-refractivity contribution in [2.24, 2.45) is 0 Å². The van der Waals surface area contributed by atoms with Gasteiger partial charge in [-0.3, -0.25) is 4.98 Å². The molecule has 1 unspecified atom stereocenters. The lowest BCUT2D eigenvalue weighted by atomic mass is 9.98. The molecule has 0 spiro atoms. The molecule has 2 heterocycles. The molecule has 0 amide bonds. The molecule has 1 aliphatic rings. The maximum atomic E-state index is 5.39. The minimum atomic E-state index is 0.0547. The Morgan fingerprint density at radius 1 is 1.35 bits per heavy atom. The fourth-order valence-corrected chi connectivity index (χ4v) is 2.98. The molecule has 2 N–H and O–H groups in total. The van der Waals surface area contributed by atoms with Crippen molar-refractivity contribution >= 4 is 16.6 Å². The van der Waals surface area contributed by atoms with Crippen molar-refractivity contribution in [1.82, 2.24) is 10.3 Å². The van der Waals surface area contributed by atoms with Crippen LogP contribution in [0.5, 0.6) is 0 Å². The van der Waals surface area contributed by atoms with Crippen LogP contribution < -0.4 is 10.6 Å². The monoisotopic (exact) mass is 271 g/mol. The van der Waals surface area contributed by atoms with Gasteiger partial charge in [0.1, 0.15) is 0 Å². The van der Waals surface area contributed by atoms with E-state index in [2.05, 4.69) is 21.7 Å². The van der Waals surface area contributed by atoms with Gasteiger partial charge in [-0.2, -0.15) is 0 Å². The highest BCUT2D eigenvalue weighted by Crippen LogP contribution is 2.24. The number of nitrogens with zero attached hydrogens (tertiary/aromatic N) is 1. The first-order valence-electron chi connectivity index (χ1n) is 7.15. The molecule has 1 aromatic heterocycles. The number of pyridine rings is 1. The standard InChI is InChI=1S/C16H21N3O/c1-20-12-16(8-4-9-19-16)11-18-15-7-10-17-14-6-3-2-5-13(14)15/h2-3,5-7,10,19H,4,8-9,11-12H2,1H3,(H,17,18). The summed E-state index contributed by atoms with van der Waals surface area (Å²) in [7, 11) is 1.77. The number of hydrogen-bond donors (Lipinski definition) is 2. The lowest BCUT2D eigenvalue weighted by Gasteiger charge is -2.29. The maximum Gasteiger partial charge on any atom is 0.0722 e. The number of anilines is 1. The molecule has 0 aliphatic carbocycles. The first-order chi connectivity index (χ1) is 9.83. The van der Waals surface area contributed by atoms with E-state index < -0.39 is 0 Å². The predicted molar refractivity (Wildman–Crippen MR) is 82.1 cm³/mol. The van der Waals surface area contributed by atoms with Crippen molar-refractivity contribution in [1.29, 1.82) is 0 Å². The molecule has 0 radical (unpaired) electrons. The maximum absolute atomic E-state index is 5.39. The highest BCUT2D eigenvalue weighted by Gasteiger charge is 2.33. The van der Waals surface area contributed by atoms with Crippen LogP contribution in [0.1, 0.15) is 12.8 Å². The van der Waals surface area contributed by atoms with Gasteiger partial charge < -0.3 is 15.4 Å². The molecule has 1 saturated heterocycles. The number of methoxy groups -OCH3 is 1. The van der Waals surface area contributed by atoms with Crippen LogP contribution in [0.25, 0.3) is 10.9 Å². The summed E-state index contributed by atoms with van der Waals surface area (Å²) in [6.07, 6.45) is 4.22. The third-order valence-electron chi connectivity index (χ3n) is 4.02. The van der Waals surface area contributed by atoms with Crippen molar-refractivity contribution in [2.45, 2.75) is 18.4 Å². The zero-order valence-electron chi connectivity index (χ0n) is 11.9. The van der Waals surface area contributed by atoms with Crippen molar-refractivity contribution in [3.05, 3.63) is 36.5 Å². The third kappa shape index (κ3) is 2.62. The van der Waals surface area contributed by atoms with Crippen LogP contribution in [0.3, 0.4) is 0 Å². The van der Waals surface area contributed by atoms with Gasteiger partial charge in [0, 0.05) is 30.9 Å². The summed E-state index contributed by atoms with van der Waals surface area (Å²) >= 11 is 0. The molecular weight excluding hydrogens is 250 g/mol. The van der Waals surface area contributed by atoms with Gasteiger partial charge in [0.15, 0.2) is 0 Å². The smallest absolute Gasteiger partial charge is 0.0722 e. The van der Waals surface area contributed by atoms with Gasteiger partial charge in [-0.05, 0) is 31.5 Å². The van der Waals surface area contributed by atoms with Crippen LogP contribution in [0.15, 0.2) is 36.5 Å². The predicted octanol–water partition coefficient (Wildman–Crippen LogP) is 2.42. The molecule has 2 aromatic rings. The number of rotatable bonds is 5. The summed E-state index contributed by atoms with van der Waals surface area (Å²) in [6.45, 7) is 2.68. The summed E-state index contributed by atoms with van der Waals surface area (Å²) < 4.78 is 5.39. The van der Waals surface area contributed by atoms with E-state index in [1.165, 1.54) is 11.8 Å². The summed E-state index contributed by atoms with van der Waals surface area (Å²) in [5, 5.41) is 8.33. The quantitative estimate of drug-likeness (QED) is 0.876. The van der Waals surface area contributed by atoms with E-state index in [-0.39, 0.29) is 5.54 Å². The Kier molecular flexibility index (Phi) is 3.85. The van der Waals surface area contributed by atoms with E-state index in [4.69, 9.17) is 4.74 Å². The highest BCUT2D eigenvalue weighted by atomic mass is 16.5. The van der Waals surface area contributed by atoms with E-state index in [1.54, 1.807) is 7.11 Å². The van der Waals surface area contributed by atoms with E-state index in [1.807, 2.05) is 30.5 Å². The lowest BCUT2D eigenvalue weighted by molar-refractivity contribution is 0.127. The molecule has 20 heavy (non-hydrogen) atoms. The van der Waals surface area contributed by atoms with Crippen molar-refractivity contribution in [2.75, 3.05) is 32.1 Å². The topological polar surface area (TPSA) is 46.2 Å². The summed E-state index contributed by atoms with van der Waals surface area (Å²) in [5.74, 6) is 0. The Morgan fingerprint density at radius 2 is 2.25 bits per heavy atom. The zero-order chi connectivity index (χ0) is 13.8. The molecular formula is C16H21N3O. The molecule has 4 heteroatoms. The lowest BCUT2D eigenvalue weighted by Crippen LogP contribution is -2.49. The number of hydrogen-bond acceptors (Lipinski definition) is 4. The summed E-state index contributed by atoms with van der Waals surface area (Å²) in [5.41, 5.74) is 2.22. The molecule has 0 saturated carbocycles. The molecule has 1 aliphatic heterocycles. The average Bonchev–Trinajstić information content (AvgIpc) is 2.94. The molecule has 3 rings (SSSR count). The number of benzene rings is 1. The Labute approximate surface area is 119 Å². The van der Waals surface area contributed by atoms with Crippen LogP contribution in [0.4, 0.5) is 5.69 Å². The first-order valence-corrected chi connectivity index (χ1v) is 7.15. The first kappa shape index (κ1) is 13.3. The number of ether oxygens (including phenoxy) is 1. The van der Waals surface area contributed by atoms with Gasteiger partial charge >= 0.3 is 0 Å². The van der Waals surface area contributed by atoms with E-state index in [9.17, 15) is 0 Å². The average molecular weight is 271 g/mol. The number of para-hydroxylation sites is 1. The van der Waals surface area contributed by atoms with Crippen molar-refractivity contribution in [3.63, 3.8) is 0 Å². The highest BCUT2D eigenvalue weighted by molar-refractivity contribution is 5.90. The second kappa shape index (κ2) is 5.77. The second-order valence-corrected chi connectivity index (χ2v) is 5.47. The van der Waals surface area contributed by atoms with Gasteiger partial charge in [-0.15, -0.1) is 0 Å². The van der Waals surface area contributed by atoms with Crippen LogP contribution in [-0.4, -0.2) is 37.3 Å². The fourth-order valence-electron chi connectivity index (χ4n) is 2.98. The van der Waals surface area contributed by atoms with E-state index in [0.717, 1.165) is 37.3 Å². The van der Waals surface area contributed by atoms with Gasteiger partial charge in [0.05, 0.1) is 17.7 Å². The summed E-state index contributed by atoms with van der Waals surface area (Å²) in [4.78, 5) is 4.39.